The molecule has 0 spiro atoms. The molecule has 1 aliphatic carbocycles. The second-order valence-corrected chi connectivity index (χ2v) is 6.19. The summed E-state index contributed by atoms with van der Waals surface area (Å²) >= 11 is 6.10. The van der Waals surface area contributed by atoms with E-state index in [1.54, 1.807) is 0 Å². The maximum absolute atomic E-state index is 11.1. The lowest BCUT2D eigenvalue weighted by Gasteiger charge is -2.23. The third-order valence-electron chi connectivity index (χ3n) is 3.89. The molecule has 1 unspecified atom stereocenters. The summed E-state index contributed by atoms with van der Waals surface area (Å²) in [5.41, 5.74) is 2.28. The summed E-state index contributed by atoms with van der Waals surface area (Å²) in [7, 11) is 0. The normalized spacial score (nSPS) is 18.0. The van der Waals surface area contributed by atoms with Gasteiger partial charge in [-0.2, -0.15) is 0 Å². The standard InChI is InChI=1S/C17H22ClO2/c1-12(18)17(20-13(2)19)16-10-8-15(9-11-16)14-6-4-3-5-7-14/h8-12,14H,3-7H2,1-2H3. The van der Waals surface area contributed by atoms with Gasteiger partial charge in [-0.1, -0.05) is 43.5 Å². The van der Waals surface area contributed by atoms with Crippen LogP contribution in [0.25, 0.3) is 0 Å². The van der Waals surface area contributed by atoms with Crippen LogP contribution in [0.1, 0.15) is 63.0 Å². The number of ether oxygens (including phenoxy) is 1. The van der Waals surface area contributed by atoms with Crippen molar-refractivity contribution in [3.8, 4) is 0 Å². The van der Waals surface area contributed by atoms with E-state index in [1.807, 2.05) is 19.1 Å². The molecule has 0 aliphatic heterocycles. The van der Waals surface area contributed by atoms with E-state index in [0.717, 1.165) is 5.56 Å². The molecule has 1 aromatic carbocycles. The van der Waals surface area contributed by atoms with Crippen LogP contribution < -0.4 is 0 Å². The highest BCUT2D eigenvalue weighted by atomic mass is 35.5. The number of alkyl halides is 1. The zero-order valence-corrected chi connectivity index (χ0v) is 13.0. The zero-order valence-electron chi connectivity index (χ0n) is 12.2. The van der Waals surface area contributed by atoms with Gasteiger partial charge >= 0.3 is 5.97 Å². The van der Waals surface area contributed by atoms with Gasteiger partial charge in [0.1, 0.15) is 0 Å². The molecular weight excluding hydrogens is 272 g/mol. The van der Waals surface area contributed by atoms with Crippen molar-refractivity contribution < 1.29 is 9.53 Å². The first-order chi connectivity index (χ1) is 9.58. The van der Waals surface area contributed by atoms with Crippen LogP contribution in [0, 0.1) is 6.10 Å². The van der Waals surface area contributed by atoms with Crippen molar-refractivity contribution in [2.45, 2.75) is 57.2 Å². The van der Waals surface area contributed by atoms with Gasteiger partial charge in [0.2, 0.25) is 0 Å². The number of carbonyl (C=O) groups is 1. The molecule has 0 saturated heterocycles. The Bertz CT molecular complexity index is 433. The van der Waals surface area contributed by atoms with Crippen molar-refractivity contribution in [3.05, 3.63) is 41.5 Å². The number of halogens is 1. The van der Waals surface area contributed by atoms with Gasteiger partial charge in [-0.15, -0.1) is 11.6 Å². The predicted molar refractivity (Wildman–Crippen MR) is 81.7 cm³/mol. The quantitative estimate of drug-likeness (QED) is 0.588. The maximum atomic E-state index is 11.1. The number of hydrogen-bond acceptors (Lipinski definition) is 2. The molecule has 0 bridgehead atoms. The van der Waals surface area contributed by atoms with Crippen LogP contribution in [-0.4, -0.2) is 11.3 Å². The maximum Gasteiger partial charge on any atom is 0.303 e. The van der Waals surface area contributed by atoms with Gasteiger partial charge in [0.15, 0.2) is 6.10 Å². The third kappa shape index (κ3) is 3.99. The summed E-state index contributed by atoms with van der Waals surface area (Å²) in [5, 5.41) is -0.320. The van der Waals surface area contributed by atoms with Gasteiger partial charge in [0.05, 0.1) is 5.38 Å². The Kier molecular flexibility index (Phi) is 5.47. The predicted octanol–water partition coefficient (Wildman–Crippen LogP) is 4.80. The zero-order chi connectivity index (χ0) is 14.5. The molecular formula is C17H22ClO2. The number of rotatable bonds is 4. The van der Waals surface area contributed by atoms with Crippen molar-refractivity contribution in [1.82, 2.24) is 0 Å². The molecule has 2 rings (SSSR count). The molecule has 3 heteroatoms. The van der Waals surface area contributed by atoms with E-state index in [4.69, 9.17) is 16.3 Å². The molecule has 109 valence electrons. The van der Waals surface area contributed by atoms with Crippen LogP contribution >= 0.6 is 11.6 Å². The molecule has 0 heterocycles. The molecule has 0 amide bonds. The first-order valence-corrected chi connectivity index (χ1v) is 7.81. The summed E-state index contributed by atoms with van der Waals surface area (Å²) in [6, 6.07) is 8.32. The highest BCUT2D eigenvalue weighted by Crippen LogP contribution is 2.33. The summed E-state index contributed by atoms with van der Waals surface area (Å²) < 4.78 is 5.23. The minimum Gasteiger partial charge on any atom is -0.448 e. The van der Waals surface area contributed by atoms with Gasteiger partial charge < -0.3 is 4.74 Å². The van der Waals surface area contributed by atoms with Crippen LogP contribution in [0.4, 0.5) is 0 Å². The Labute approximate surface area is 126 Å². The Morgan fingerprint density at radius 1 is 1.20 bits per heavy atom. The molecule has 0 aromatic heterocycles. The van der Waals surface area contributed by atoms with Crippen LogP contribution in [0.2, 0.25) is 0 Å². The lowest BCUT2D eigenvalue weighted by Crippen LogP contribution is -2.17. The highest BCUT2D eigenvalue weighted by molar-refractivity contribution is 6.22. The fourth-order valence-electron chi connectivity index (χ4n) is 2.88. The van der Waals surface area contributed by atoms with E-state index in [2.05, 4.69) is 12.1 Å². The molecule has 1 radical (unpaired) electrons. The van der Waals surface area contributed by atoms with E-state index in [9.17, 15) is 4.79 Å². The molecule has 1 atom stereocenters. The summed E-state index contributed by atoms with van der Waals surface area (Å²) in [6.07, 6.45) is 7.13. The summed E-state index contributed by atoms with van der Waals surface area (Å²) in [5.74, 6) is 0.354. The van der Waals surface area contributed by atoms with Gasteiger partial charge in [-0.05, 0) is 31.2 Å². The van der Waals surface area contributed by atoms with Crippen LogP contribution in [0.3, 0.4) is 0 Å². The Morgan fingerprint density at radius 3 is 2.30 bits per heavy atom. The number of benzene rings is 1. The van der Waals surface area contributed by atoms with Crippen molar-refractivity contribution in [3.63, 3.8) is 0 Å². The summed E-state index contributed by atoms with van der Waals surface area (Å²) in [4.78, 5) is 11.1. The fraction of sp³-hybridized carbons (Fsp3) is 0.529. The molecule has 0 N–H and O–H groups in total. The van der Waals surface area contributed by atoms with Crippen LogP contribution in [0.15, 0.2) is 24.3 Å². The van der Waals surface area contributed by atoms with E-state index >= 15 is 0 Å². The van der Waals surface area contributed by atoms with Crippen molar-refractivity contribution >= 4 is 17.6 Å². The first kappa shape index (κ1) is 15.4. The van der Waals surface area contributed by atoms with Crippen LogP contribution in [-0.2, 0) is 9.53 Å². The number of esters is 1. The SMILES string of the molecule is CC(=O)O[C](c1ccc(C2CCCCC2)cc1)C(C)Cl. The minimum atomic E-state index is -0.330. The lowest BCUT2D eigenvalue weighted by atomic mass is 9.84. The Morgan fingerprint density at radius 2 is 1.80 bits per heavy atom. The number of hydrogen-bond donors (Lipinski definition) is 0. The Hall–Kier alpha value is -1.02. The van der Waals surface area contributed by atoms with E-state index < -0.39 is 0 Å². The second-order valence-electron chi connectivity index (χ2n) is 5.53. The molecule has 1 fully saturated rings. The molecule has 1 aliphatic rings. The van der Waals surface area contributed by atoms with E-state index in [-0.39, 0.29) is 11.3 Å². The largest absolute Gasteiger partial charge is 0.448 e. The van der Waals surface area contributed by atoms with Gasteiger partial charge in [-0.25, -0.2) is 0 Å². The molecule has 1 aromatic rings. The van der Waals surface area contributed by atoms with Crippen molar-refractivity contribution in [2.24, 2.45) is 0 Å². The van der Waals surface area contributed by atoms with Crippen molar-refractivity contribution in [1.29, 1.82) is 0 Å². The summed E-state index contributed by atoms with van der Waals surface area (Å²) in [6.45, 7) is 3.21. The highest BCUT2D eigenvalue weighted by Gasteiger charge is 2.23. The second kappa shape index (κ2) is 7.12. The number of carbonyl (C=O) groups excluding carboxylic acids is 1. The van der Waals surface area contributed by atoms with Gasteiger partial charge in [0, 0.05) is 12.5 Å². The van der Waals surface area contributed by atoms with Crippen molar-refractivity contribution in [2.75, 3.05) is 0 Å². The molecule has 20 heavy (non-hydrogen) atoms. The molecule has 2 nitrogen and oxygen atoms in total. The average molecular weight is 294 g/mol. The van der Waals surface area contributed by atoms with Gasteiger partial charge in [-0.3, -0.25) is 4.79 Å². The average Bonchev–Trinajstić information content (AvgIpc) is 2.45. The lowest BCUT2D eigenvalue weighted by molar-refractivity contribution is -0.139. The monoisotopic (exact) mass is 293 g/mol. The molecule has 1 saturated carbocycles. The van der Waals surface area contributed by atoms with E-state index in [0.29, 0.717) is 12.0 Å². The fourth-order valence-corrected chi connectivity index (χ4v) is 3.05. The first-order valence-electron chi connectivity index (χ1n) is 7.37. The minimum absolute atomic E-state index is 0.320. The van der Waals surface area contributed by atoms with E-state index in [1.165, 1.54) is 44.6 Å². The van der Waals surface area contributed by atoms with Gasteiger partial charge in [0.25, 0.3) is 0 Å². The third-order valence-corrected chi connectivity index (χ3v) is 4.08. The topological polar surface area (TPSA) is 26.3 Å². The smallest absolute Gasteiger partial charge is 0.303 e. The Balaban J connectivity index is 2.10. The van der Waals surface area contributed by atoms with Crippen LogP contribution in [0.5, 0.6) is 0 Å².